The summed E-state index contributed by atoms with van der Waals surface area (Å²) in [6, 6.07) is 0. The Bertz CT molecular complexity index is 77.5. The maximum absolute atomic E-state index is 8.59. The molecule has 0 atom stereocenters. The summed E-state index contributed by atoms with van der Waals surface area (Å²) in [7, 11) is 0. The number of hydrogen-bond donors (Lipinski definition) is 0. The van der Waals surface area contributed by atoms with Gasteiger partial charge in [-0.3, -0.25) is 0 Å². The van der Waals surface area contributed by atoms with Crippen molar-refractivity contribution in [2.75, 3.05) is 0 Å². The van der Waals surface area contributed by atoms with Crippen molar-refractivity contribution in [3.05, 3.63) is 0 Å². The molecular formula is H2MgMoO5. The average Bonchev–Trinajstić information content (AvgIpc) is 0.811. The second-order valence-corrected chi connectivity index (χ2v) is 1.21. The zero-order valence-corrected chi connectivity index (χ0v) is 6.66. The van der Waals surface area contributed by atoms with Gasteiger partial charge < -0.3 is 11.0 Å². The van der Waals surface area contributed by atoms with Gasteiger partial charge in [-0.1, -0.05) is 0 Å². The molecule has 0 amide bonds. The Morgan fingerprint density at radius 1 is 0.857 bits per heavy atom. The van der Waals surface area contributed by atoms with Gasteiger partial charge in [-0.05, 0) is 0 Å². The van der Waals surface area contributed by atoms with Crippen molar-refractivity contribution >= 4 is 23.1 Å². The van der Waals surface area contributed by atoms with Crippen molar-refractivity contribution < 1.29 is 38.3 Å². The molecule has 0 fully saturated rings. The molecule has 5 nitrogen and oxygen atoms in total. The first-order valence-corrected chi connectivity index (χ1v) is 2.96. The predicted octanol–water partition coefficient (Wildman–Crippen LogP) is -1.09. The molecule has 0 radical (unpaired) electrons. The third kappa shape index (κ3) is 257. The second-order valence-electron chi connectivity index (χ2n) is 0.204. The Kier molecular flexibility index (Phi) is 56.7. The van der Waals surface area contributed by atoms with Gasteiger partial charge in [0.2, 0.25) is 0 Å². The third-order valence-electron chi connectivity index (χ3n) is 0. The Morgan fingerprint density at radius 2 is 0.857 bits per heavy atom. The first-order valence-electron chi connectivity index (χ1n) is 0.500. The molecule has 2 N–H and O–H groups in total. The predicted molar refractivity (Wildman–Crippen MR) is 11.7 cm³/mol. The van der Waals surface area contributed by atoms with Crippen molar-refractivity contribution in [1.29, 1.82) is 0 Å². The molecule has 0 spiro atoms. The first kappa shape index (κ1) is 25.0. The normalized spacial score (nSPS) is 3.43. The molecule has 40 valence electrons. The Hall–Kier alpha value is 0.775. The van der Waals surface area contributed by atoms with E-state index in [2.05, 4.69) is 0 Å². The zero-order chi connectivity index (χ0) is 3.58. The first-order chi connectivity index (χ1) is 1.73. The Balaban J connectivity index is -0.0000000150. The molecule has 7 heavy (non-hydrogen) atoms. The summed E-state index contributed by atoms with van der Waals surface area (Å²) in [5, 5.41) is 0. The number of rotatable bonds is 0. The van der Waals surface area contributed by atoms with Crippen LogP contribution >= 0.6 is 0 Å². The molecule has 0 saturated carbocycles. The fourth-order valence-electron chi connectivity index (χ4n) is 0. The van der Waals surface area contributed by atoms with Gasteiger partial charge in [0.05, 0.1) is 0 Å². The molecule has 0 aromatic heterocycles. The molecule has 0 aliphatic heterocycles. The average molecular weight is 202 g/mol. The summed E-state index contributed by atoms with van der Waals surface area (Å²) in [6.07, 6.45) is 0. The van der Waals surface area contributed by atoms with E-state index in [9.17, 15) is 0 Å². The molecule has 0 bridgehead atoms. The van der Waals surface area contributed by atoms with Crippen molar-refractivity contribution in [1.82, 2.24) is 0 Å². The summed E-state index contributed by atoms with van der Waals surface area (Å²) in [5.41, 5.74) is 0. The van der Waals surface area contributed by atoms with E-state index in [1.165, 1.54) is 0 Å². The van der Waals surface area contributed by atoms with Crippen LogP contribution in [0.5, 0.6) is 0 Å². The van der Waals surface area contributed by atoms with Crippen molar-refractivity contribution in [3.63, 3.8) is 0 Å². The van der Waals surface area contributed by atoms with Crippen LogP contribution in [0.2, 0.25) is 0 Å². The molecule has 0 unspecified atom stereocenters. The second kappa shape index (κ2) is 15.9. The molecule has 0 aliphatic rings. The van der Waals surface area contributed by atoms with Gasteiger partial charge in [-0.25, -0.2) is 0 Å². The van der Waals surface area contributed by atoms with Crippen molar-refractivity contribution in [2.24, 2.45) is 0 Å². The van der Waals surface area contributed by atoms with Crippen LogP contribution in [0.25, 0.3) is 0 Å². The Morgan fingerprint density at radius 3 is 0.857 bits per heavy atom. The molecular weight excluding hydrogens is 200 g/mol. The monoisotopic (exact) mass is 204 g/mol. The minimum atomic E-state index is -4.11. The van der Waals surface area contributed by atoms with Crippen molar-refractivity contribution in [2.45, 2.75) is 0 Å². The van der Waals surface area contributed by atoms with Crippen LogP contribution in [-0.4, -0.2) is 34.0 Å². The van der Waals surface area contributed by atoms with Crippen LogP contribution in [0.15, 0.2) is 0 Å². The molecule has 0 aromatic carbocycles. The summed E-state index contributed by atoms with van der Waals surface area (Å²) in [5.74, 6) is 0. The topological polar surface area (TPSA) is 111 Å². The van der Waals surface area contributed by atoms with Crippen LogP contribution in [0.1, 0.15) is 0 Å². The van der Waals surface area contributed by atoms with Gasteiger partial charge in [0.1, 0.15) is 0 Å². The van der Waals surface area contributed by atoms with Gasteiger partial charge in [0.15, 0.2) is 0 Å². The van der Waals surface area contributed by atoms with Crippen LogP contribution < -0.4 is 0 Å². The van der Waals surface area contributed by atoms with E-state index in [4.69, 9.17) is 10.2 Å². The van der Waals surface area contributed by atoms with E-state index in [0.29, 0.717) is 0 Å². The molecule has 0 aliphatic carbocycles. The molecule has 0 rings (SSSR count). The SMILES string of the molecule is [Mg+2].[OH-].[OH-].[O]=[Mo](=[O])=[O]. The number of hydrogen-bond acceptors (Lipinski definition) is 5. The van der Waals surface area contributed by atoms with Crippen molar-refractivity contribution in [3.8, 4) is 0 Å². The quantitative estimate of drug-likeness (QED) is 0.463. The van der Waals surface area contributed by atoms with Crippen LogP contribution in [0, 0.1) is 0 Å². The summed E-state index contributed by atoms with van der Waals surface area (Å²) < 4.78 is 25.8. The van der Waals surface area contributed by atoms with Crippen LogP contribution in [-0.2, 0) is 27.4 Å². The maximum atomic E-state index is 8.59. The van der Waals surface area contributed by atoms with Gasteiger partial charge in [0.25, 0.3) is 0 Å². The molecule has 0 heterocycles. The van der Waals surface area contributed by atoms with E-state index in [1.807, 2.05) is 0 Å². The Labute approximate surface area is 61.3 Å². The van der Waals surface area contributed by atoms with Gasteiger partial charge >= 0.3 is 50.4 Å². The van der Waals surface area contributed by atoms with Crippen LogP contribution in [0.4, 0.5) is 0 Å². The summed E-state index contributed by atoms with van der Waals surface area (Å²) in [6.45, 7) is 0. The van der Waals surface area contributed by atoms with E-state index in [1.54, 1.807) is 0 Å². The molecule has 0 aromatic rings. The van der Waals surface area contributed by atoms with E-state index < -0.39 is 17.2 Å². The van der Waals surface area contributed by atoms with E-state index >= 15 is 0 Å². The fourth-order valence-corrected chi connectivity index (χ4v) is 0. The fraction of sp³-hybridized carbons (Fsp3) is 0. The summed E-state index contributed by atoms with van der Waals surface area (Å²) in [4.78, 5) is 0. The summed E-state index contributed by atoms with van der Waals surface area (Å²) >= 11 is -4.11. The van der Waals surface area contributed by atoms with E-state index in [0.717, 1.165) is 0 Å². The zero-order valence-electron chi connectivity index (χ0n) is 3.23. The minimum absolute atomic E-state index is 0. The van der Waals surface area contributed by atoms with Gasteiger partial charge in [-0.2, -0.15) is 0 Å². The van der Waals surface area contributed by atoms with E-state index in [-0.39, 0.29) is 34.0 Å². The molecule has 7 heteroatoms. The van der Waals surface area contributed by atoms with Gasteiger partial charge in [0, 0.05) is 0 Å². The van der Waals surface area contributed by atoms with Crippen LogP contribution in [0.3, 0.4) is 0 Å². The standard InChI is InChI=1S/Mg.Mo.2H2O.3O/h;;2*1H2;;;/q+2;;;;;;/p-2. The third-order valence-corrected chi connectivity index (χ3v) is 0. The molecule has 0 saturated heterocycles. The van der Waals surface area contributed by atoms with Gasteiger partial charge in [-0.15, -0.1) is 0 Å².